The molecule has 1 aromatic heterocycles. The molecule has 0 saturated carbocycles. The Labute approximate surface area is 123 Å². The van der Waals surface area contributed by atoms with E-state index in [0.717, 1.165) is 11.5 Å². The smallest absolute Gasteiger partial charge is 0.256 e. The third-order valence-electron chi connectivity index (χ3n) is 2.57. The molecule has 0 saturated heterocycles. The monoisotopic (exact) mass is 299 g/mol. The maximum atomic E-state index is 11.8. The minimum absolute atomic E-state index is 0.201. The third kappa shape index (κ3) is 5.24. The number of oxazole rings is 1. The van der Waals surface area contributed by atoms with Gasteiger partial charge in [0.15, 0.2) is 0 Å². The molecule has 0 aliphatic heterocycles. The maximum absolute atomic E-state index is 11.8. The van der Waals surface area contributed by atoms with Gasteiger partial charge in [-0.2, -0.15) is 0 Å². The highest BCUT2D eigenvalue weighted by Crippen LogP contribution is 2.24. The number of hydrogen-bond donors (Lipinski definition) is 2. The second kappa shape index (κ2) is 7.33. The lowest BCUT2D eigenvalue weighted by Crippen LogP contribution is -2.45. The molecular weight excluding hydrogens is 278 g/mol. The average Bonchev–Trinajstić information content (AvgIpc) is 2.64. The number of carbonyl (C=O) groups is 2. The summed E-state index contributed by atoms with van der Waals surface area (Å²) in [5.74, 6) is 0.497. The summed E-state index contributed by atoms with van der Waals surface area (Å²) in [5.41, 5.74) is 5.61. The van der Waals surface area contributed by atoms with Crippen LogP contribution in [0.5, 0.6) is 0 Å². The summed E-state index contributed by atoms with van der Waals surface area (Å²) in [7, 11) is 0. The molecule has 0 spiro atoms. The lowest BCUT2D eigenvalue weighted by Gasteiger charge is -2.11. The van der Waals surface area contributed by atoms with Crippen LogP contribution in [0, 0.1) is 19.8 Å². The van der Waals surface area contributed by atoms with Gasteiger partial charge in [-0.15, -0.1) is 0 Å². The molecule has 7 heteroatoms. The van der Waals surface area contributed by atoms with Gasteiger partial charge in [0.05, 0.1) is 10.9 Å². The van der Waals surface area contributed by atoms with Crippen molar-refractivity contribution in [1.29, 1.82) is 0 Å². The van der Waals surface area contributed by atoms with E-state index in [1.807, 2.05) is 27.7 Å². The highest BCUT2D eigenvalue weighted by molar-refractivity contribution is 8.00. The van der Waals surface area contributed by atoms with Crippen LogP contribution < -0.4 is 10.9 Å². The number of nitrogens with zero attached hydrogens (tertiary/aromatic N) is 1. The molecule has 0 unspecified atom stereocenters. The van der Waals surface area contributed by atoms with Crippen molar-refractivity contribution in [3.63, 3.8) is 0 Å². The summed E-state index contributed by atoms with van der Waals surface area (Å²) < 4.78 is 5.40. The molecule has 1 aromatic rings. The highest BCUT2D eigenvalue weighted by atomic mass is 32.2. The number of nitrogens with one attached hydrogen (secondary N) is 2. The Hall–Kier alpha value is -1.50. The lowest BCUT2D eigenvalue weighted by atomic mass is 10.1. The van der Waals surface area contributed by atoms with Gasteiger partial charge in [0.25, 0.3) is 11.1 Å². The Kier molecular flexibility index (Phi) is 6.06. The second-order valence-corrected chi connectivity index (χ2v) is 6.31. The van der Waals surface area contributed by atoms with Crippen molar-refractivity contribution in [2.75, 3.05) is 0 Å². The first-order chi connectivity index (χ1) is 9.29. The number of aromatic nitrogens is 1. The standard InChI is InChI=1S/C13H21N3O3S/c1-7(2)6-11(17)15-16-12(18)10(5)20-13-14-8(3)9(4)19-13/h7,10H,6H2,1-5H3,(H,15,17)(H,16,18)/t10-/m0/s1. The normalized spacial score (nSPS) is 12.3. The number of hydrogen-bond acceptors (Lipinski definition) is 5. The topological polar surface area (TPSA) is 84.2 Å². The fourth-order valence-corrected chi connectivity index (χ4v) is 2.18. The van der Waals surface area contributed by atoms with E-state index in [2.05, 4.69) is 15.8 Å². The van der Waals surface area contributed by atoms with Gasteiger partial charge in [0.2, 0.25) is 5.91 Å². The number of thioether (sulfide) groups is 1. The molecule has 2 N–H and O–H groups in total. The van der Waals surface area contributed by atoms with Gasteiger partial charge in [-0.3, -0.25) is 20.4 Å². The number of hydrazine groups is 1. The Morgan fingerprint density at radius 1 is 1.25 bits per heavy atom. The summed E-state index contributed by atoms with van der Waals surface area (Å²) in [6.45, 7) is 9.27. The van der Waals surface area contributed by atoms with E-state index in [-0.39, 0.29) is 17.7 Å². The summed E-state index contributed by atoms with van der Waals surface area (Å²) in [6, 6.07) is 0. The van der Waals surface area contributed by atoms with E-state index >= 15 is 0 Å². The van der Waals surface area contributed by atoms with Gasteiger partial charge in [0, 0.05) is 6.42 Å². The fraction of sp³-hybridized carbons (Fsp3) is 0.615. The van der Waals surface area contributed by atoms with Gasteiger partial charge in [-0.1, -0.05) is 25.6 Å². The van der Waals surface area contributed by atoms with Crippen LogP contribution in [-0.2, 0) is 9.59 Å². The fourth-order valence-electron chi connectivity index (χ4n) is 1.35. The Morgan fingerprint density at radius 3 is 2.40 bits per heavy atom. The van der Waals surface area contributed by atoms with E-state index in [9.17, 15) is 9.59 Å². The van der Waals surface area contributed by atoms with Crippen LogP contribution in [0.1, 0.15) is 38.6 Å². The molecule has 0 radical (unpaired) electrons. The van der Waals surface area contributed by atoms with Crippen LogP contribution in [0.2, 0.25) is 0 Å². The van der Waals surface area contributed by atoms with Gasteiger partial charge in [0.1, 0.15) is 5.76 Å². The van der Waals surface area contributed by atoms with Crippen LogP contribution in [0.25, 0.3) is 0 Å². The molecule has 0 aliphatic rings. The van der Waals surface area contributed by atoms with Crippen LogP contribution in [-0.4, -0.2) is 22.0 Å². The van der Waals surface area contributed by atoms with Crippen molar-refractivity contribution >= 4 is 23.6 Å². The van der Waals surface area contributed by atoms with E-state index in [4.69, 9.17) is 4.42 Å². The summed E-state index contributed by atoms with van der Waals surface area (Å²) in [4.78, 5) is 27.4. The van der Waals surface area contributed by atoms with Crippen LogP contribution in [0.3, 0.4) is 0 Å². The van der Waals surface area contributed by atoms with Crippen molar-refractivity contribution < 1.29 is 14.0 Å². The van der Waals surface area contributed by atoms with Crippen LogP contribution >= 0.6 is 11.8 Å². The molecule has 112 valence electrons. The van der Waals surface area contributed by atoms with E-state index in [1.54, 1.807) is 6.92 Å². The first kappa shape index (κ1) is 16.6. The third-order valence-corrected chi connectivity index (χ3v) is 3.52. The predicted octanol–water partition coefficient (Wildman–Crippen LogP) is 1.97. The second-order valence-electron chi connectivity index (χ2n) is 5.02. The summed E-state index contributed by atoms with van der Waals surface area (Å²) >= 11 is 1.21. The molecule has 0 aromatic carbocycles. The molecule has 0 fully saturated rings. The number of amides is 2. The van der Waals surface area contributed by atoms with E-state index in [0.29, 0.717) is 11.6 Å². The molecule has 6 nitrogen and oxygen atoms in total. The van der Waals surface area contributed by atoms with Crippen molar-refractivity contribution in [3.05, 3.63) is 11.5 Å². The van der Waals surface area contributed by atoms with Gasteiger partial charge in [-0.25, -0.2) is 4.98 Å². The van der Waals surface area contributed by atoms with Gasteiger partial charge >= 0.3 is 0 Å². The summed E-state index contributed by atoms with van der Waals surface area (Å²) in [6.07, 6.45) is 0.375. The maximum Gasteiger partial charge on any atom is 0.256 e. The predicted molar refractivity (Wildman–Crippen MR) is 77.0 cm³/mol. The van der Waals surface area contributed by atoms with E-state index < -0.39 is 5.25 Å². The Balaban J connectivity index is 2.41. The molecule has 20 heavy (non-hydrogen) atoms. The van der Waals surface area contributed by atoms with Crippen molar-refractivity contribution in [2.45, 2.75) is 51.5 Å². The molecular formula is C13H21N3O3S. The van der Waals surface area contributed by atoms with Crippen molar-refractivity contribution in [3.8, 4) is 0 Å². The minimum Gasteiger partial charge on any atom is -0.437 e. The Bertz CT molecular complexity index is 466. The first-order valence-corrected chi connectivity index (χ1v) is 7.37. The van der Waals surface area contributed by atoms with Crippen molar-refractivity contribution in [2.24, 2.45) is 5.92 Å². The number of aryl methyl sites for hydroxylation is 2. The van der Waals surface area contributed by atoms with E-state index in [1.165, 1.54) is 11.8 Å². The molecule has 1 heterocycles. The molecule has 0 bridgehead atoms. The highest BCUT2D eigenvalue weighted by Gasteiger charge is 2.18. The zero-order valence-electron chi connectivity index (χ0n) is 12.4. The minimum atomic E-state index is -0.410. The van der Waals surface area contributed by atoms with Crippen LogP contribution in [0.4, 0.5) is 0 Å². The summed E-state index contributed by atoms with van der Waals surface area (Å²) in [5, 5.41) is 0.0444. The quantitative estimate of drug-likeness (QED) is 0.641. The Morgan fingerprint density at radius 2 is 1.90 bits per heavy atom. The first-order valence-electron chi connectivity index (χ1n) is 6.49. The molecule has 1 atom stereocenters. The SMILES string of the molecule is Cc1nc(S[C@@H](C)C(=O)NNC(=O)CC(C)C)oc1C. The lowest BCUT2D eigenvalue weighted by molar-refractivity contribution is -0.128. The number of carbonyl (C=O) groups excluding carboxylic acids is 2. The molecule has 1 rings (SSSR count). The van der Waals surface area contributed by atoms with Gasteiger partial charge in [-0.05, 0) is 26.7 Å². The zero-order valence-corrected chi connectivity index (χ0v) is 13.3. The number of rotatable bonds is 5. The van der Waals surface area contributed by atoms with Crippen LogP contribution in [0.15, 0.2) is 9.64 Å². The van der Waals surface area contributed by atoms with Crippen molar-refractivity contribution in [1.82, 2.24) is 15.8 Å². The van der Waals surface area contributed by atoms with Gasteiger partial charge < -0.3 is 4.42 Å². The molecule has 2 amide bonds. The molecule has 0 aliphatic carbocycles. The zero-order chi connectivity index (χ0) is 15.3. The largest absolute Gasteiger partial charge is 0.437 e. The average molecular weight is 299 g/mol.